The van der Waals surface area contributed by atoms with Crippen molar-refractivity contribution >= 4 is 15.9 Å². The van der Waals surface area contributed by atoms with Gasteiger partial charge in [-0.2, -0.15) is 26.3 Å². The lowest BCUT2D eigenvalue weighted by Crippen LogP contribution is -2.70. The number of hydrogen-bond donors (Lipinski definition) is 0. The highest BCUT2D eigenvalue weighted by molar-refractivity contribution is 9.10. The Hall–Kier alpha value is 0.0600. The first-order valence-corrected chi connectivity index (χ1v) is 11.8. The van der Waals surface area contributed by atoms with Crippen LogP contribution in [0.1, 0.15) is 77.0 Å². The number of hydrogen-bond acceptors (Lipinski definition) is 0. The van der Waals surface area contributed by atoms with E-state index in [9.17, 15) is 26.3 Å². The first kappa shape index (κ1) is 19.7. The molecule has 164 valence electrons. The molecule has 0 N–H and O–H groups in total. The Morgan fingerprint density at radius 3 is 1.62 bits per heavy atom. The molecule has 0 nitrogen and oxygen atoms in total. The molecule has 8 fully saturated rings. The summed E-state index contributed by atoms with van der Waals surface area (Å²) >= 11 is 3.73. The maximum atomic E-state index is 14.4. The molecule has 6 unspecified atom stereocenters. The Kier molecular flexibility index (Phi) is 3.51. The molecule has 6 atom stereocenters. The second-order valence-electron chi connectivity index (χ2n) is 12.2. The molecular formula is C22H27BrF6. The standard InChI is InChI=1S/C22H27BrF6/c23-20-8-15-6-18(11-20,10-19(7-15,12-20)22(27,28)29)16-2-13-1-14(3-16)5-17(4-13,9-16)21(24,25)26/h13-15H,1-12H2. The summed E-state index contributed by atoms with van der Waals surface area (Å²) in [4.78, 5) is 0. The Balaban J connectivity index is 1.48. The quantitative estimate of drug-likeness (QED) is 0.263. The first-order chi connectivity index (χ1) is 13.2. The largest absolute Gasteiger partial charge is 0.394 e. The van der Waals surface area contributed by atoms with Crippen molar-refractivity contribution < 1.29 is 26.3 Å². The fourth-order valence-electron chi connectivity index (χ4n) is 10.4. The zero-order valence-corrected chi connectivity index (χ0v) is 17.9. The summed E-state index contributed by atoms with van der Waals surface area (Å²) < 4.78 is 85.4. The molecule has 0 aromatic rings. The molecule has 8 saturated carbocycles. The van der Waals surface area contributed by atoms with Crippen LogP contribution in [0.3, 0.4) is 0 Å². The molecule has 0 amide bonds. The Morgan fingerprint density at radius 1 is 0.552 bits per heavy atom. The van der Waals surface area contributed by atoms with E-state index in [0.717, 1.165) is 25.7 Å². The fraction of sp³-hybridized carbons (Fsp3) is 1.00. The summed E-state index contributed by atoms with van der Waals surface area (Å²) in [5.74, 6) is 0.0695. The lowest BCUT2D eigenvalue weighted by atomic mass is 9.31. The maximum Gasteiger partial charge on any atom is 0.394 e. The van der Waals surface area contributed by atoms with Crippen molar-refractivity contribution in [3.05, 3.63) is 0 Å². The minimum absolute atomic E-state index is 0.0120. The van der Waals surface area contributed by atoms with E-state index in [4.69, 9.17) is 0 Å². The SMILES string of the molecule is FC(F)(F)C12CC3CC(C1)CC(C14CC5CC(Br)(CC(C(F)(F)F)(C5)C1)C4)(C3)C2. The lowest BCUT2D eigenvalue weighted by molar-refractivity contribution is -0.334. The van der Waals surface area contributed by atoms with Gasteiger partial charge in [0, 0.05) is 4.32 Å². The van der Waals surface area contributed by atoms with Crippen LogP contribution in [0, 0.1) is 39.4 Å². The van der Waals surface area contributed by atoms with E-state index in [0.29, 0.717) is 12.8 Å². The van der Waals surface area contributed by atoms with Crippen LogP contribution in [0.25, 0.3) is 0 Å². The van der Waals surface area contributed by atoms with Gasteiger partial charge in [-0.15, -0.1) is 0 Å². The Labute approximate surface area is 175 Å². The van der Waals surface area contributed by atoms with Gasteiger partial charge in [0.25, 0.3) is 0 Å². The summed E-state index contributed by atoms with van der Waals surface area (Å²) in [5, 5.41) is 0. The molecule has 0 spiro atoms. The van der Waals surface area contributed by atoms with E-state index < -0.39 is 38.3 Å². The van der Waals surface area contributed by atoms with E-state index in [1.54, 1.807) is 0 Å². The minimum atomic E-state index is -4.28. The van der Waals surface area contributed by atoms with E-state index in [-0.39, 0.29) is 56.3 Å². The second-order valence-corrected chi connectivity index (χ2v) is 13.9. The van der Waals surface area contributed by atoms with Crippen molar-refractivity contribution in [3.63, 3.8) is 0 Å². The summed E-state index contributed by atoms with van der Waals surface area (Å²) in [5.41, 5.74) is -4.49. The van der Waals surface area contributed by atoms with E-state index in [1.165, 1.54) is 0 Å². The predicted molar refractivity (Wildman–Crippen MR) is 99.4 cm³/mol. The number of alkyl halides is 7. The highest BCUT2D eigenvalue weighted by Gasteiger charge is 2.78. The third-order valence-electron chi connectivity index (χ3n) is 10.4. The third-order valence-corrected chi connectivity index (χ3v) is 11.3. The molecule has 0 aromatic carbocycles. The van der Waals surface area contributed by atoms with Gasteiger partial charge in [0.1, 0.15) is 0 Å². The van der Waals surface area contributed by atoms with Crippen molar-refractivity contribution in [1.82, 2.24) is 0 Å². The van der Waals surface area contributed by atoms with Gasteiger partial charge in [-0.25, -0.2) is 0 Å². The van der Waals surface area contributed by atoms with Gasteiger partial charge in [-0.3, -0.25) is 0 Å². The maximum absolute atomic E-state index is 14.4. The molecule has 8 bridgehead atoms. The van der Waals surface area contributed by atoms with E-state index >= 15 is 0 Å². The van der Waals surface area contributed by atoms with Gasteiger partial charge >= 0.3 is 12.4 Å². The van der Waals surface area contributed by atoms with Gasteiger partial charge in [0.05, 0.1) is 10.8 Å². The molecule has 8 aliphatic carbocycles. The van der Waals surface area contributed by atoms with Crippen molar-refractivity contribution in [2.24, 2.45) is 39.4 Å². The molecule has 0 heterocycles. The average Bonchev–Trinajstić information content (AvgIpc) is 2.49. The highest BCUT2D eigenvalue weighted by Crippen LogP contribution is 2.82. The predicted octanol–water partition coefficient (Wildman–Crippen LogP) is 7.80. The zero-order valence-electron chi connectivity index (χ0n) is 16.4. The molecule has 29 heavy (non-hydrogen) atoms. The first-order valence-electron chi connectivity index (χ1n) is 11.1. The fourth-order valence-corrected chi connectivity index (χ4v) is 12.0. The van der Waals surface area contributed by atoms with Crippen LogP contribution in [0.5, 0.6) is 0 Å². The molecule has 7 heteroatoms. The van der Waals surface area contributed by atoms with Crippen LogP contribution in [0.4, 0.5) is 26.3 Å². The van der Waals surface area contributed by atoms with Crippen LogP contribution in [0.2, 0.25) is 0 Å². The van der Waals surface area contributed by atoms with Crippen LogP contribution in [-0.4, -0.2) is 16.7 Å². The monoisotopic (exact) mass is 484 g/mol. The van der Waals surface area contributed by atoms with Crippen molar-refractivity contribution in [2.75, 3.05) is 0 Å². The molecular weight excluding hydrogens is 458 g/mol. The molecule has 0 aromatic heterocycles. The van der Waals surface area contributed by atoms with E-state index in [2.05, 4.69) is 15.9 Å². The highest BCUT2D eigenvalue weighted by atomic mass is 79.9. The number of rotatable bonds is 1. The van der Waals surface area contributed by atoms with E-state index in [1.807, 2.05) is 0 Å². The van der Waals surface area contributed by atoms with Crippen molar-refractivity contribution in [3.8, 4) is 0 Å². The molecule has 0 radical (unpaired) electrons. The van der Waals surface area contributed by atoms with Crippen molar-refractivity contribution in [1.29, 1.82) is 0 Å². The van der Waals surface area contributed by atoms with Gasteiger partial charge < -0.3 is 0 Å². The Bertz CT molecular complexity index is 743. The van der Waals surface area contributed by atoms with Crippen molar-refractivity contribution in [2.45, 2.75) is 93.7 Å². The van der Waals surface area contributed by atoms with Crippen LogP contribution in [0.15, 0.2) is 0 Å². The average molecular weight is 485 g/mol. The van der Waals surface area contributed by atoms with Crippen LogP contribution < -0.4 is 0 Å². The zero-order chi connectivity index (χ0) is 20.7. The smallest absolute Gasteiger partial charge is 0.171 e. The second kappa shape index (κ2) is 5.17. The number of halogens is 7. The van der Waals surface area contributed by atoms with Gasteiger partial charge in [-0.1, -0.05) is 15.9 Å². The van der Waals surface area contributed by atoms with Gasteiger partial charge in [-0.05, 0) is 106 Å². The summed E-state index contributed by atoms with van der Waals surface area (Å²) in [6.45, 7) is 0. The Morgan fingerprint density at radius 2 is 1.07 bits per heavy atom. The molecule has 8 aliphatic rings. The van der Waals surface area contributed by atoms with Crippen LogP contribution in [-0.2, 0) is 0 Å². The molecule has 0 aliphatic heterocycles. The summed E-state index contributed by atoms with van der Waals surface area (Å²) in [6, 6.07) is 0. The molecule has 0 saturated heterocycles. The summed E-state index contributed by atoms with van der Waals surface area (Å²) in [6.07, 6.45) is -3.26. The minimum Gasteiger partial charge on any atom is -0.171 e. The third kappa shape index (κ3) is 2.35. The summed E-state index contributed by atoms with van der Waals surface area (Å²) in [7, 11) is 0. The molecule has 8 rings (SSSR count). The normalized spacial score (nSPS) is 58.2. The van der Waals surface area contributed by atoms with Gasteiger partial charge in [0.2, 0.25) is 0 Å². The van der Waals surface area contributed by atoms with Crippen LogP contribution >= 0.6 is 15.9 Å². The van der Waals surface area contributed by atoms with Gasteiger partial charge in [0.15, 0.2) is 0 Å². The lowest BCUT2D eigenvalue weighted by Gasteiger charge is -2.75. The topological polar surface area (TPSA) is 0 Å².